The Morgan fingerprint density at radius 3 is 2.47 bits per heavy atom. The molecule has 3 rings (SSSR count). The topological polar surface area (TPSA) is 14.1 Å². The van der Waals surface area contributed by atoms with E-state index >= 15 is 0 Å². The van der Waals surface area contributed by atoms with Gasteiger partial charge < -0.3 is 22.3 Å². The Bertz CT molecular complexity index is 527. The van der Waals surface area contributed by atoms with E-state index in [4.69, 9.17) is 0 Å². The van der Waals surface area contributed by atoms with Gasteiger partial charge in [0, 0.05) is 0 Å². The zero-order chi connectivity index (χ0) is 10.4. The minimum absolute atomic E-state index is 0. The predicted octanol–water partition coefficient (Wildman–Crippen LogP) is 0.974. The van der Waals surface area contributed by atoms with Crippen LogP contribution in [-0.4, -0.2) is 29.1 Å². The molecule has 0 saturated carbocycles. The molecule has 2 aromatic rings. The minimum atomic E-state index is 0. The number of halogens is 1. The fraction of sp³-hybridized carbons (Fsp3) is 0.286. The molecule has 0 aromatic heterocycles. The SMILES string of the molecule is CC1[N-]c2ccc3ccccc3c2C1C.[Br-].[Mg+2]. The second kappa shape index (κ2) is 5.59. The monoisotopic (exact) mass is 299 g/mol. The van der Waals surface area contributed by atoms with Gasteiger partial charge in [0.1, 0.15) is 0 Å². The van der Waals surface area contributed by atoms with E-state index in [1.165, 1.54) is 22.0 Å². The average Bonchev–Trinajstić information content (AvgIpc) is 2.55. The van der Waals surface area contributed by atoms with Crippen molar-refractivity contribution in [1.29, 1.82) is 0 Å². The van der Waals surface area contributed by atoms with Gasteiger partial charge in [0.05, 0.1) is 0 Å². The van der Waals surface area contributed by atoms with E-state index in [9.17, 15) is 0 Å². The van der Waals surface area contributed by atoms with E-state index in [0.29, 0.717) is 12.0 Å². The zero-order valence-corrected chi connectivity index (χ0v) is 13.2. The zero-order valence-electron chi connectivity index (χ0n) is 10.2. The molecule has 0 bridgehead atoms. The van der Waals surface area contributed by atoms with Crippen LogP contribution in [0.1, 0.15) is 25.3 Å². The summed E-state index contributed by atoms with van der Waals surface area (Å²) in [4.78, 5) is 0. The Kier molecular flexibility index (Phi) is 4.87. The maximum atomic E-state index is 4.68. The molecular formula is C14H14BrMgN. The maximum Gasteiger partial charge on any atom is 2.00 e. The molecule has 2 unspecified atom stereocenters. The fourth-order valence-corrected chi connectivity index (χ4v) is 2.45. The first-order valence-corrected chi connectivity index (χ1v) is 5.50. The Labute approximate surface area is 129 Å². The van der Waals surface area contributed by atoms with E-state index < -0.39 is 0 Å². The molecule has 0 spiro atoms. The first-order valence-electron chi connectivity index (χ1n) is 5.50. The standard InChI is InChI=1S/C14H14N.BrH.Mg/c1-9-10(2)15-13-8-7-11-5-3-4-6-12(11)14(9)13;;/h3-10H,1-2H3;1H;/q-1;;+2/p-1. The Morgan fingerprint density at radius 1 is 1.00 bits per heavy atom. The van der Waals surface area contributed by atoms with Gasteiger partial charge in [-0.2, -0.15) is 0 Å². The van der Waals surface area contributed by atoms with Gasteiger partial charge in [-0.25, -0.2) is 0 Å². The largest absolute Gasteiger partial charge is 2.00 e. The number of hydrogen-bond donors (Lipinski definition) is 0. The molecule has 84 valence electrons. The molecule has 1 heterocycles. The Morgan fingerprint density at radius 2 is 1.71 bits per heavy atom. The third kappa shape index (κ3) is 2.33. The number of fused-ring (bicyclic) bond motifs is 3. The first kappa shape index (κ1) is 14.8. The van der Waals surface area contributed by atoms with Crippen molar-refractivity contribution in [2.24, 2.45) is 0 Å². The van der Waals surface area contributed by atoms with Gasteiger partial charge in [-0.15, -0.1) is 11.7 Å². The number of rotatable bonds is 0. The molecule has 0 saturated heterocycles. The van der Waals surface area contributed by atoms with Crippen LogP contribution in [0.5, 0.6) is 0 Å². The molecule has 1 aliphatic rings. The number of hydrogen-bond acceptors (Lipinski definition) is 0. The van der Waals surface area contributed by atoms with Gasteiger partial charge in [0.25, 0.3) is 0 Å². The first-order chi connectivity index (χ1) is 7.27. The molecule has 1 aliphatic heterocycles. The minimum Gasteiger partial charge on any atom is -1.00 e. The molecule has 2 atom stereocenters. The number of nitrogens with zero attached hydrogens (tertiary/aromatic N) is 1. The second-order valence-electron chi connectivity index (χ2n) is 4.38. The molecule has 0 aliphatic carbocycles. The third-order valence-electron chi connectivity index (χ3n) is 3.47. The summed E-state index contributed by atoms with van der Waals surface area (Å²) in [6.07, 6.45) is 0. The quantitative estimate of drug-likeness (QED) is 0.644. The van der Waals surface area contributed by atoms with Crippen molar-refractivity contribution < 1.29 is 17.0 Å². The van der Waals surface area contributed by atoms with Crippen molar-refractivity contribution in [3.05, 3.63) is 47.3 Å². The Hall–Kier alpha value is -0.254. The van der Waals surface area contributed by atoms with Crippen LogP contribution in [0, 0.1) is 0 Å². The summed E-state index contributed by atoms with van der Waals surface area (Å²) in [6, 6.07) is 13.3. The molecule has 3 heteroatoms. The summed E-state index contributed by atoms with van der Waals surface area (Å²) in [7, 11) is 0. The third-order valence-corrected chi connectivity index (χ3v) is 3.47. The smallest absolute Gasteiger partial charge is 1.00 e. The van der Waals surface area contributed by atoms with Gasteiger partial charge in [-0.05, 0) is 16.7 Å². The summed E-state index contributed by atoms with van der Waals surface area (Å²) in [6.45, 7) is 4.46. The van der Waals surface area contributed by atoms with Crippen LogP contribution in [0.15, 0.2) is 36.4 Å². The second-order valence-corrected chi connectivity index (χ2v) is 4.38. The van der Waals surface area contributed by atoms with E-state index in [2.05, 4.69) is 55.6 Å². The summed E-state index contributed by atoms with van der Waals surface area (Å²) in [5.74, 6) is 0.547. The van der Waals surface area contributed by atoms with Crippen molar-refractivity contribution in [3.8, 4) is 0 Å². The van der Waals surface area contributed by atoms with Crippen LogP contribution in [0.2, 0.25) is 0 Å². The van der Waals surface area contributed by atoms with Crippen LogP contribution < -0.4 is 17.0 Å². The van der Waals surface area contributed by atoms with Gasteiger partial charge in [0.2, 0.25) is 0 Å². The number of benzene rings is 2. The van der Waals surface area contributed by atoms with Crippen LogP contribution in [0.4, 0.5) is 5.69 Å². The maximum absolute atomic E-state index is 4.68. The van der Waals surface area contributed by atoms with Crippen LogP contribution in [0.25, 0.3) is 16.1 Å². The summed E-state index contributed by atoms with van der Waals surface area (Å²) >= 11 is 0. The average molecular weight is 300 g/mol. The van der Waals surface area contributed by atoms with Crippen LogP contribution >= 0.6 is 0 Å². The van der Waals surface area contributed by atoms with Crippen LogP contribution in [0.3, 0.4) is 0 Å². The fourth-order valence-electron chi connectivity index (χ4n) is 2.45. The van der Waals surface area contributed by atoms with Gasteiger partial charge in [-0.1, -0.05) is 55.8 Å². The summed E-state index contributed by atoms with van der Waals surface area (Å²) in [5.41, 5.74) is 2.62. The van der Waals surface area contributed by atoms with Gasteiger partial charge in [-0.3, -0.25) is 0 Å². The Balaban J connectivity index is 0.000000722. The molecule has 17 heavy (non-hydrogen) atoms. The molecule has 0 N–H and O–H groups in total. The van der Waals surface area contributed by atoms with E-state index in [-0.39, 0.29) is 40.0 Å². The molecule has 0 amide bonds. The van der Waals surface area contributed by atoms with Crippen LogP contribution in [-0.2, 0) is 0 Å². The van der Waals surface area contributed by atoms with Crippen molar-refractivity contribution in [2.45, 2.75) is 25.8 Å². The van der Waals surface area contributed by atoms with E-state index in [1.807, 2.05) is 0 Å². The van der Waals surface area contributed by atoms with Gasteiger partial charge in [0.15, 0.2) is 0 Å². The molecule has 2 aromatic carbocycles. The summed E-state index contributed by atoms with van der Waals surface area (Å²) < 4.78 is 0. The molecule has 0 radical (unpaired) electrons. The summed E-state index contributed by atoms with van der Waals surface area (Å²) in [5, 5.41) is 7.38. The van der Waals surface area contributed by atoms with Crippen molar-refractivity contribution in [3.63, 3.8) is 0 Å². The van der Waals surface area contributed by atoms with E-state index in [1.54, 1.807) is 0 Å². The molecule has 0 fully saturated rings. The molecule has 1 nitrogen and oxygen atoms in total. The van der Waals surface area contributed by atoms with Crippen molar-refractivity contribution in [1.82, 2.24) is 0 Å². The normalized spacial score (nSPS) is 21.1. The van der Waals surface area contributed by atoms with Gasteiger partial charge >= 0.3 is 23.1 Å². The predicted molar refractivity (Wildman–Crippen MR) is 70.6 cm³/mol. The van der Waals surface area contributed by atoms with Crippen molar-refractivity contribution in [2.75, 3.05) is 0 Å². The molecular weight excluding hydrogens is 286 g/mol. The van der Waals surface area contributed by atoms with Crippen molar-refractivity contribution >= 4 is 39.5 Å². The van der Waals surface area contributed by atoms with E-state index in [0.717, 1.165) is 0 Å².